The summed E-state index contributed by atoms with van der Waals surface area (Å²) in [5.41, 5.74) is 5.89. The molecule has 84 valence electrons. The lowest BCUT2D eigenvalue weighted by Gasteiger charge is -1.97. The maximum atomic E-state index is 11.8. The van der Waals surface area contributed by atoms with Gasteiger partial charge in [0.1, 0.15) is 22.9 Å². The average molecular weight is 237 g/mol. The Morgan fingerprint density at radius 2 is 2.44 bits per heavy atom. The minimum atomic E-state index is -0.0629. The van der Waals surface area contributed by atoms with Crippen LogP contribution >= 0.6 is 11.3 Å². The van der Waals surface area contributed by atoms with Crippen molar-refractivity contribution in [1.82, 2.24) is 19.7 Å². The number of aryl methyl sites for hydroxylation is 1. The lowest BCUT2D eigenvalue weighted by atomic mass is 10.2. The van der Waals surface area contributed by atoms with E-state index in [1.807, 2.05) is 0 Å². The van der Waals surface area contributed by atoms with Crippen LogP contribution in [-0.4, -0.2) is 25.5 Å². The Morgan fingerprint density at radius 1 is 1.62 bits per heavy atom. The molecule has 2 N–H and O–H groups in total. The molecule has 7 heteroatoms. The summed E-state index contributed by atoms with van der Waals surface area (Å²) in [6.07, 6.45) is 1.64. The van der Waals surface area contributed by atoms with Gasteiger partial charge in [0.15, 0.2) is 5.78 Å². The zero-order valence-electron chi connectivity index (χ0n) is 8.75. The van der Waals surface area contributed by atoms with Gasteiger partial charge in [-0.15, -0.1) is 11.3 Å². The zero-order valence-corrected chi connectivity index (χ0v) is 9.57. The summed E-state index contributed by atoms with van der Waals surface area (Å²) in [6, 6.07) is 0. The highest BCUT2D eigenvalue weighted by atomic mass is 32.1. The van der Waals surface area contributed by atoms with Gasteiger partial charge in [0.25, 0.3) is 0 Å². The predicted molar refractivity (Wildman–Crippen MR) is 59.0 cm³/mol. The maximum Gasteiger partial charge on any atom is 0.189 e. The number of rotatable bonds is 4. The predicted octanol–water partition coefficient (Wildman–Crippen LogP) is 0.156. The van der Waals surface area contributed by atoms with Crippen molar-refractivity contribution in [1.29, 1.82) is 0 Å². The van der Waals surface area contributed by atoms with Crippen molar-refractivity contribution in [2.75, 3.05) is 0 Å². The van der Waals surface area contributed by atoms with Gasteiger partial charge in [0, 0.05) is 19.0 Å². The summed E-state index contributed by atoms with van der Waals surface area (Å²) in [7, 11) is 1.75. The smallest absolute Gasteiger partial charge is 0.189 e. The highest BCUT2D eigenvalue weighted by Gasteiger charge is 2.13. The number of hydrogen-bond acceptors (Lipinski definition) is 6. The van der Waals surface area contributed by atoms with Gasteiger partial charge in [-0.05, 0) is 0 Å². The molecule has 0 aliphatic carbocycles. The first kappa shape index (κ1) is 10.9. The molecule has 0 aliphatic heterocycles. The first-order chi connectivity index (χ1) is 7.70. The number of aromatic nitrogens is 4. The second kappa shape index (κ2) is 4.50. The highest BCUT2D eigenvalue weighted by Crippen LogP contribution is 2.11. The standard InChI is InChI=1S/C9H11N5OS/c1-14-8(11-5-12-14)2-7(15)6-4-16-9(3-10)13-6/h4-5H,2-3,10H2,1H3. The molecule has 0 amide bonds. The second-order valence-corrected chi connectivity index (χ2v) is 4.17. The van der Waals surface area contributed by atoms with Crippen LogP contribution in [0.2, 0.25) is 0 Å². The largest absolute Gasteiger partial charge is 0.325 e. The van der Waals surface area contributed by atoms with Crippen molar-refractivity contribution in [3.63, 3.8) is 0 Å². The summed E-state index contributed by atoms with van der Waals surface area (Å²) in [4.78, 5) is 19.9. The van der Waals surface area contributed by atoms with Crippen molar-refractivity contribution < 1.29 is 4.79 Å². The summed E-state index contributed by atoms with van der Waals surface area (Å²) in [5.74, 6) is 0.569. The highest BCUT2D eigenvalue weighted by molar-refractivity contribution is 7.09. The van der Waals surface area contributed by atoms with Crippen molar-refractivity contribution in [3.05, 3.63) is 28.2 Å². The third-order valence-electron chi connectivity index (χ3n) is 2.14. The molecule has 0 saturated carbocycles. The summed E-state index contributed by atoms with van der Waals surface area (Å²) < 4.78 is 1.58. The van der Waals surface area contributed by atoms with Crippen molar-refractivity contribution in [2.45, 2.75) is 13.0 Å². The third-order valence-corrected chi connectivity index (χ3v) is 3.01. The van der Waals surface area contributed by atoms with Crippen molar-refractivity contribution in [2.24, 2.45) is 12.8 Å². The van der Waals surface area contributed by atoms with Crippen molar-refractivity contribution in [3.8, 4) is 0 Å². The number of thiazole rings is 1. The molecule has 0 spiro atoms. The molecule has 0 aromatic carbocycles. The van der Waals surface area contributed by atoms with Crippen molar-refractivity contribution >= 4 is 17.1 Å². The van der Waals surface area contributed by atoms with Gasteiger partial charge in [0.05, 0.1) is 6.42 Å². The van der Waals surface area contributed by atoms with Crippen LogP contribution in [0.1, 0.15) is 21.3 Å². The second-order valence-electron chi connectivity index (χ2n) is 3.23. The van der Waals surface area contributed by atoms with Crippen LogP contribution in [0.5, 0.6) is 0 Å². The fourth-order valence-electron chi connectivity index (χ4n) is 1.25. The molecule has 0 saturated heterocycles. The molecular weight excluding hydrogens is 226 g/mol. The van der Waals surface area contributed by atoms with E-state index in [1.165, 1.54) is 17.7 Å². The molecule has 0 aliphatic rings. The molecule has 2 rings (SSSR count). The lowest BCUT2D eigenvalue weighted by molar-refractivity contribution is 0.0985. The first-order valence-electron chi connectivity index (χ1n) is 4.71. The Hall–Kier alpha value is -1.60. The minimum absolute atomic E-state index is 0.0629. The molecular formula is C9H11N5OS. The van der Waals surface area contributed by atoms with Gasteiger partial charge in [0.2, 0.25) is 0 Å². The quantitative estimate of drug-likeness (QED) is 0.765. The Bertz CT molecular complexity index is 503. The van der Waals surface area contributed by atoms with Crippen LogP contribution in [0.3, 0.4) is 0 Å². The van der Waals surface area contributed by atoms with Gasteiger partial charge in [-0.3, -0.25) is 9.48 Å². The zero-order chi connectivity index (χ0) is 11.5. The molecule has 2 aromatic rings. The number of hydrogen-bond donors (Lipinski definition) is 1. The third kappa shape index (κ3) is 2.15. The molecule has 2 aromatic heterocycles. The first-order valence-corrected chi connectivity index (χ1v) is 5.59. The van der Waals surface area contributed by atoms with Gasteiger partial charge in [-0.25, -0.2) is 9.97 Å². The summed E-state index contributed by atoms with van der Waals surface area (Å²) in [5, 5.41) is 6.39. The van der Waals surface area contributed by atoms with E-state index in [4.69, 9.17) is 5.73 Å². The normalized spacial score (nSPS) is 10.6. The fraction of sp³-hybridized carbons (Fsp3) is 0.333. The van der Waals surface area contributed by atoms with E-state index < -0.39 is 0 Å². The van der Waals surface area contributed by atoms with Crippen LogP contribution in [0.15, 0.2) is 11.7 Å². The number of carbonyl (C=O) groups excluding carboxylic acids is 1. The molecule has 2 heterocycles. The Balaban J connectivity index is 2.11. The van der Waals surface area contributed by atoms with Crippen LogP contribution in [-0.2, 0) is 20.0 Å². The van der Waals surface area contributed by atoms with Crippen LogP contribution in [0, 0.1) is 0 Å². The van der Waals surface area contributed by atoms with Gasteiger partial charge in [-0.1, -0.05) is 0 Å². The fourth-order valence-corrected chi connectivity index (χ4v) is 1.93. The van der Waals surface area contributed by atoms with Gasteiger partial charge in [-0.2, -0.15) is 5.10 Å². The Kier molecular flexibility index (Phi) is 3.07. The number of nitrogens with zero attached hydrogens (tertiary/aromatic N) is 4. The van der Waals surface area contributed by atoms with E-state index in [2.05, 4.69) is 15.1 Å². The molecule has 6 nitrogen and oxygen atoms in total. The molecule has 0 atom stereocenters. The summed E-state index contributed by atoms with van der Waals surface area (Å²) in [6.45, 7) is 0.363. The number of ketones is 1. The monoisotopic (exact) mass is 237 g/mol. The van der Waals surface area contributed by atoms with Crippen LogP contribution < -0.4 is 5.73 Å². The van der Waals surface area contributed by atoms with E-state index in [0.717, 1.165) is 5.01 Å². The minimum Gasteiger partial charge on any atom is -0.325 e. The van der Waals surface area contributed by atoms with Crippen LogP contribution in [0.4, 0.5) is 0 Å². The summed E-state index contributed by atoms with van der Waals surface area (Å²) >= 11 is 1.39. The topological polar surface area (TPSA) is 86.7 Å². The van der Waals surface area contributed by atoms with E-state index in [-0.39, 0.29) is 12.2 Å². The van der Waals surface area contributed by atoms with E-state index >= 15 is 0 Å². The SMILES string of the molecule is Cn1ncnc1CC(=O)c1csc(CN)n1. The van der Waals surface area contributed by atoms with E-state index in [1.54, 1.807) is 17.1 Å². The Morgan fingerprint density at radius 3 is 3.00 bits per heavy atom. The molecule has 0 radical (unpaired) electrons. The molecule has 0 bridgehead atoms. The van der Waals surface area contributed by atoms with Crippen LogP contribution in [0.25, 0.3) is 0 Å². The Labute approximate surface area is 96.1 Å². The number of Topliss-reactive ketones (excluding diaryl/α,β-unsaturated/α-hetero) is 1. The van der Waals surface area contributed by atoms with E-state index in [9.17, 15) is 4.79 Å². The maximum absolute atomic E-state index is 11.8. The van der Waals surface area contributed by atoms with E-state index in [0.29, 0.717) is 18.1 Å². The molecule has 0 unspecified atom stereocenters. The molecule has 16 heavy (non-hydrogen) atoms. The lowest BCUT2D eigenvalue weighted by Crippen LogP contribution is -2.09. The number of nitrogens with two attached hydrogens (primary N) is 1. The molecule has 0 fully saturated rings. The average Bonchev–Trinajstić information content (AvgIpc) is 2.88. The number of carbonyl (C=O) groups is 1. The van der Waals surface area contributed by atoms with Gasteiger partial charge < -0.3 is 5.73 Å². The van der Waals surface area contributed by atoms with Gasteiger partial charge >= 0.3 is 0 Å².